The van der Waals surface area contributed by atoms with Crippen molar-refractivity contribution in [3.63, 3.8) is 0 Å². The molecule has 0 bridgehead atoms. The molecule has 6 nitrogen and oxygen atoms in total. The maximum Gasteiger partial charge on any atom is 0.236 e. The maximum absolute atomic E-state index is 10.5. The molecular weight excluding hydrogens is 202 g/mol. The molecule has 0 fully saturated rings. The van der Waals surface area contributed by atoms with Crippen molar-refractivity contribution < 1.29 is 4.79 Å². The van der Waals surface area contributed by atoms with Crippen molar-refractivity contribution in [2.45, 2.75) is 0 Å². The summed E-state index contributed by atoms with van der Waals surface area (Å²) in [6, 6.07) is 0. The number of primary amides is 1. The van der Waals surface area contributed by atoms with Crippen molar-refractivity contribution in [1.82, 2.24) is 9.97 Å². The molecule has 0 aliphatic heterocycles. The van der Waals surface area contributed by atoms with E-state index in [0.717, 1.165) is 0 Å². The summed E-state index contributed by atoms with van der Waals surface area (Å²) in [4.78, 5) is 18.5. The molecule has 1 aromatic rings. The number of carbonyl (C=O) groups excluding carboxylic acids is 1. The molecule has 0 radical (unpaired) electrons. The third-order valence-corrected chi connectivity index (χ3v) is 1.56. The number of thiocarbonyl (C=S) groups is 1. The van der Waals surface area contributed by atoms with Crippen molar-refractivity contribution >= 4 is 28.9 Å². The summed E-state index contributed by atoms with van der Waals surface area (Å²) in [5.74, 6) is -0.136. The second kappa shape index (κ2) is 4.47. The second-order valence-corrected chi connectivity index (χ2v) is 2.88. The Morgan fingerprint density at radius 1 is 1.43 bits per heavy atom. The summed E-state index contributed by atoms with van der Waals surface area (Å²) in [5, 5.41) is 2.68. The lowest BCUT2D eigenvalue weighted by Gasteiger charge is -2.06. The molecule has 5 N–H and O–H groups in total. The maximum atomic E-state index is 10.5. The van der Waals surface area contributed by atoms with Gasteiger partial charge in [0, 0.05) is 12.4 Å². The van der Waals surface area contributed by atoms with Crippen LogP contribution in [0, 0.1) is 0 Å². The van der Waals surface area contributed by atoms with Gasteiger partial charge in [-0.3, -0.25) is 4.79 Å². The van der Waals surface area contributed by atoms with E-state index in [1.165, 1.54) is 12.4 Å². The Hall–Kier alpha value is -1.76. The normalized spacial score (nSPS) is 9.43. The minimum atomic E-state index is -0.496. The smallest absolute Gasteiger partial charge is 0.236 e. The van der Waals surface area contributed by atoms with E-state index in [1.807, 2.05) is 0 Å². The van der Waals surface area contributed by atoms with Crippen LogP contribution in [0.25, 0.3) is 0 Å². The Morgan fingerprint density at radius 2 is 2.07 bits per heavy atom. The highest BCUT2D eigenvalue weighted by atomic mass is 32.1. The second-order valence-electron chi connectivity index (χ2n) is 2.44. The van der Waals surface area contributed by atoms with Gasteiger partial charge in [-0.1, -0.05) is 12.2 Å². The van der Waals surface area contributed by atoms with Gasteiger partial charge in [0.05, 0.1) is 6.54 Å². The molecule has 0 atom stereocenters. The molecule has 0 aliphatic carbocycles. The summed E-state index contributed by atoms with van der Waals surface area (Å²) < 4.78 is 0. The molecule has 0 unspecified atom stereocenters. The Kier molecular flexibility index (Phi) is 3.29. The number of aromatic nitrogens is 2. The summed E-state index contributed by atoms with van der Waals surface area (Å²) in [6.45, 7) is -0.0334. The quantitative estimate of drug-likeness (QED) is 0.552. The Bertz CT molecular complexity index is 367. The zero-order valence-electron chi connectivity index (χ0n) is 7.23. The molecule has 1 rings (SSSR count). The van der Waals surface area contributed by atoms with Gasteiger partial charge >= 0.3 is 0 Å². The number of nitrogens with two attached hydrogens (primary N) is 2. The van der Waals surface area contributed by atoms with E-state index in [4.69, 9.17) is 23.7 Å². The van der Waals surface area contributed by atoms with Crippen LogP contribution in [0.2, 0.25) is 0 Å². The van der Waals surface area contributed by atoms with Gasteiger partial charge < -0.3 is 16.8 Å². The third-order valence-electron chi connectivity index (χ3n) is 1.36. The van der Waals surface area contributed by atoms with Gasteiger partial charge in [0.1, 0.15) is 10.7 Å². The van der Waals surface area contributed by atoms with Crippen molar-refractivity contribution in [1.29, 1.82) is 0 Å². The van der Waals surface area contributed by atoms with Crippen molar-refractivity contribution in [3.8, 4) is 0 Å². The third kappa shape index (κ3) is 2.63. The molecule has 0 saturated heterocycles. The predicted octanol–water partition coefficient (Wildman–Crippen LogP) is -0.992. The van der Waals surface area contributed by atoms with Gasteiger partial charge in [-0.25, -0.2) is 9.97 Å². The summed E-state index contributed by atoms with van der Waals surface area (Å²) in [7, 11) is 0. The van der Waals surface area contributed by atoms with Crippen molar-refractivity contribution in [3.05, 3.63) is 18.1 Å². The van der Waals surface area contributed by atoms with E-state index in [-0.39, 0.29) is 11.5 Å². The highest BCUT2D eigenvalue weighted by Crippen LogP contribution is 2.06. The van der Waals surface area contributed by atoms with Gasteiger partial charge in [0.2, 0.25) is 5.91 Å². The van der Waals surface area contributed by atoms with Gasteiger partial charge in [-0.05, 0) is 0 Å². The molecule has 7 heteroatoms. The lowest BCUT2D eigenvalue weighted by Crippen LogP contribution is -2.24. The average Bonchev–Trinajstić information content (AvgIpc) is 2.15. The molecule has 74 valence electrons. The predicted molar refractivity (Wildman–Crippen MR) is 55.6 cm³/mol. The minimum Gasteiger partial charge on any atom is -0.388 e. The molecular formula is C7H9N5OS. The molecule has 0 aliphatic rings. The van der Waals surface area contributed by atoms with E-state index in [1.54, 1.807) is 0 Å². The van der Waals surface area contributed by atoms with Crippen LogP contribution in [-0.4, -0.2) is 27.4 Å². The standard InChI is InChI=1S/C7H9N5OS/c8-4(13)3-12-7-5(6(9)14)10-1-2-11-7/h1-2H,3H2,(H2,8,13)(H2,9,14)(H,11,12). The Balaban J connectivity index is 2.84. The zero-order valence-corrected chi connectivity index (χ0v) is 8.04. The first-order valence-corrected chi connectivity index (χ1v) is 4.15. The summed E-state index contributed by atoms with van der Waals surface area (Å²) in [5.41, 5.74) is 10.7. The van der Waals surface area contributed by atoms with Crippen LogP contribution in [0.1, 0.15) is 5.69 Å². The van der Waals surface area contributed by atoms with Crippen molar-refractivity contribution in [2.75, 3.05) is 11.9 Å². The summed E-state index contributed by atoms with van der Waals surface area (Å²) in [6.07, 6.45) is 2.93. The highest BCUT2D eigenvalue weighted by Gasteiger charge is 2.07. The van der Waals surface area contributed by atoms with Gasteiger partial charge in [-0.2, -0.15) is 0 Å². The van der Waals surface area contributed by atoms with E-state index in [9.17, 15) is 4.79 Å². The Labute approximate surface area is 85.7 Å². The SMILES string of the molecule is NC(=O)CNc1nccnc1C(N)=S. The Morgan fingerprint density at radius 3 is 2.64 bits per heavy atom. The van der Waals surface area contributed by atoms with Crippen LogP contribution in [0.4, 0.5) is 5.82 Å². The molecule has 1 heterocycles. The molecule has 14 heavy (non-hydrogen) atoms. The number of carbonyl (C=O) groups is 1. The molecule has 0 saturated carbocycles. The van der Waals surface area contributed by atoms with Gasteiger partial charge in [0.15, 0.2) is 5.82 Å². The first kappa shape index (κ1) is 10.3. The van der Waals surface area contributed by atoms with Gasteiger partial charge in [0.25, 0.3) is 0 Å². The number of rotatable bonds is 4. The number of hydrogen-bond donors (Lipinski definition) is 3. The monoisotopic (exact) mass is 211 g/mol. The fourth-order valence-corrected chi connectivity index (χ4v) is 0.968. The number of amides is 1. The van der Waals surface area contributed by atoms with Crippen LogP contribution >= 0.6 is 12.2 Å². The fraction of sp³-hybridized carbons (Fsp3) is 0.143. The van der Waals surface area contributed by atoms with Crippen LogP contribution < -0.4 is 16.8 Å². The largest absolute Gasteiger partial charge is 0.388 e. The zero-order chi connectivity index (χ0) is 10.6. The first-order valence-electron chi connectivity index (χ1n) is 3.74. The lowest BCUT2D eigenvalue weighted by molar-refractivity contribution is -0.116. The van der Waals surface area contributed by atoms with Crippen LogP contribution in [0.3, 0.4) is 0 Å². The highest BCUT2D eigenvalue weighted by molar-refractivity contribution is 7.80. The lowest BCUT2D eigenvalue weighted by atomic mass is 10.4. The molecule has 0 spiro atoms. The first-order chi connectivity index (χ1) is 6.61. The van der Waals surface area contributed by atoms with E-state index in [0.29, 0.717) is 11.5 Å². The topological polar surface area (TPSA) is 107 Å². The van der Waals surface area contributed by atoms with Crippen LogP contribution in [0.15, 0.2) is 12.4 Å². The number of nitrogens with one attached hydrogen (secondary N) is 1. The number of hydrogen-bond acceptors (Lipinski definition) is 5. The van der Waals surface area contributed by atoms with Crippen molar-refractivity contribution in [2.24, 2.45) is 11.5 Å². The summed E-state index contributed by atoms with van der Waals surface area (Å²) >= 11 is 4.75. The fourth-order valence-electron chi connectivity index (χ4n) is 0.819. The molecule has 1 aromatic heterocycles. The van der Waals surface area contributed by atoms with Crippen LogP contribution in [0.5, 0.6) is 0 Å². The van der Waals surface area contributed by atoms with Gasteiger partial charge in [-0.15, -0.1) is 0 Å². The molecule has 1 amide bonds. The molecule has 0 aromatic carbocycles. The average molecular weight is 211 g/mol. The number of nitrogens with zero attached hydrogens (tertiary/aromatic N) is 2. The minimum absolute atomic E-state index is 0.0334. The van der Waals surface area contributed by atoms with E-state index in [2.05, 4.69) is 15.3 Å². The van der Waals surface area contributed by atoms with Crippen LogP contribution in [-0.2, 0) is 4.79 Å². The van der Waals surface area contributed by atoms with E-state index >= 15 is 0 Å². The van der Waals surface area contributed by atoms with E-state index < -0.39 is 5.91 Å². The number of anilines is 1.